The first kappa shape index (κ1) is 20.4. The lowest BCUT2D eigenvalue weighted by molar-refractivity contribution is 0.122. The van der Waals surface area contributed by atoms with Gasteiger partial charge in [0.15, 0.2) is 11.3 Å². The first-order valence-corrected chi connectivity index (χ1v) is 10.9. The molecule has 34 heavy (non-hydrogen) atoms. The molecule has 3 aliphatic heterocycles. The summed E-state index contributed by atoms with van der Waals surface area (Å²) in [5, 5.41) is 9.29. The summed E-state index contributed by atoms with van der Waals surface area (Å²) in [6.45, 7) is 2.41. The van der Waals surface area contributed by atoms with Crippen molar-refractivity contribution in [2.75, 3.05) is 37.8 Å². The fourth-order valence-electron chi connectivity index (χ4n) is 4.70. The average Bonchev–Trinajstić information content (AvgIpc) is 3.27. The van der Waals surface area contributed by atoms with Gasteiger partial charge in [0.05, 0.1) is 24.8 Å². The van der Waals surface area contributed by atoms with Gasteiger partial charge in [0.2, 0.25) is 0 Å². The smallest absolute Gasteiger partial charge is 0.283 e. The maximum atomic E-state index is 15.3. The number of hydrogen-bond acceptors (Lipinski definition) is 8. The van der Waals surface area contributed by atoms with Crippen LogP contribution in [0.2, 0.25) is 0 Å². The highest BCUT2D eigenvalue weighted by Crippen LogP contribution is 2.52. The Morgan fingerprint density at radius 3 is 2.65 bits per heavy atom. The molecule has 8 nitrogen and oxygen atoms in total. The van der Waals surface area contributed by atoms with Crippen LogP contribution in [0.15, 0.2) is 53.5 Å². The maximum absolute atomic E-state index is 15.3. The number of pyridine rings is 1. The number of nitriles is 1. The Balaban J connectivity index is 1.53. The molecule has 0 radical (unpaired) electrons. The van der Waals surface area contributed by atoms with Gasteiger partial charge in [-0.2, -0.15) is 14.6 Å². The first-order valence-electron chi connectivity index (χ1n) is 10.9. The van der Waals surface area contributed by atoms with Crippen LogP contribution in [0.4, 0.5) is 10.2 Å². The SMILES string of the molecule is N#Cc1cccc(-c2ccc3c(c2)C2(COC(N)=N2)c2cc(N4CCOCC4)nc(F)c2O3)c1. The second-order valence-electron chi connectivity index (χ2n) is 8.35. The van der Waals surface area contributed by atoms with E-state index in [1.54, 1.807) is 18.2 Å². The predicted octanol–water partition coefficient (Wildman–Crippen LogP) is 3.29. The van der Waals surface area contributed by atoms with Crippen molar-refractivity contribution >= 4 is 11.8 Å². The standard InChI is InChI=1S/C25H20FN5O3/c26-23-22-19(12-21(29-23)31-6-8-32-9-7-31)25(14-33-24(28)30-25)18-11-17(4-5-20(18)34-22)16-3-1-2-15(10-16)13-27/h1-5,10-12H,6-9,14H2,(H2,28,30). The fourth-order valence-corrected chi connectivity index (χ4v) is 4.70. The monoisotopic (exact) mass is 457 g/mol. The van der Waals surface area contributed by atoms with Gasteiger partial charge in [-0.3, -0.25) is 0 Å². The molecule has 3 aliphatic rings. The third-order valence-electron chi connectivity index (χ3n) is 6.39. The first-order chi connectivity index (χ1) is 16.6. The Labute approximate surface area is 195 Å². The van der Waals surface area contributed by atoms with Gasteiger partial charge in [0, 0.05) is 24.2 Å². The molecule has 1 spiro atoms. The molecule has 1 aromatic heterocycles. The van der Waals surface area contributed by atoms with Crippen LogP contribution >= 0.6 is 0 Å². The highest BCUT2D eigenvalue weighted by atomic mass is 19.1. The Morgan fingerprint density at radius 1 is 1.06 bits per heavy atom. The van der Waals surface area contributed by atoms with Crippen molar-refractivity contribution in [1.82, 2.24) is 4.98 Å². The summed E-state index contributed by atoms with van der Waals surface area (Å²) in [4.78, 5) is 10.8. The minimum atomic E-state index is -1.08. The number of morpholine rings is 1. The predicted molar refractivity (Wildman–Crippen MR) is 122 cm³/mol. The number of aromatic nitrogens is 1. The molecule has 1 fully saturated rings. The second-order valence-corrected chi connectivity index (χ2v) is 8.35. The van der Waals surface area contributed by atoms with Crippen LogP contribution in [-0.2, 0) is 15.0 Å². The number of ether oxygens (including phenoxy) is 3. The zero-order valence-corrected chi connectivity index (χ0v) is 18.1. The van der Waals surface area contributed by atoms with Crippen LogP contribution < -0.4 is 15.4 Å². The summed E-state index contributed by atoms with van der Waals surface area (Å²) in [6, 6.07) is 16.9. The van der Waals surface area contributed by atoms with E-state index in [4.69, 9.17) is 19.9 Å². The molecule has 170 valence electrons. The van der Waals surface area contributed by atoms with Gasteiger partial charge in [0.1, 0.15) is 18.2 Å². The molecule has 1 atom stereocenters. The zero-order valence-electron chi connectivity index (χ0n) is 18.1. The number of halogens is 1. The van der Waals surface area contributed by atoms with Gasteiger partial charge in [-0.25, -0.2) is 4.99 Å². The molecule has 0 bridgehead atoms. The molecule has 0 aliphatic carbocycles. The van der Waals surface area contributed by atoms with E-state index in [-0.39, 0.29) is 18.4 Å². The maximum Gasteiger partial charge on any atom is 0.283 e. The number of nitrogens with two attached hydrogens (primary N) is 1. The lowest BCUT2D eigenvalue weighted by Crippen LogP contribution is -2.38. The van der Waals surface area contributed by atoms with Crippen molar-refractivity contribution in [3.8, 4) is 28.7 Å². The molecule has 3 aromatic rings. The molecule has 6 rings (SSSR count). The van der Waals surface area contributed by atoms with Crippen LogP contribution in [0.25, 0.3) is 11.1 Å². The third kappa shape index (κ3) is 3.15. The summed E-state index contributed by atoms with van der Waals surface area (Å²) in [5.74, 6) is 0.250. The second kappa shape index (κ2) is 7.71. The van der Waals surface area contributed by atoms with Gasteiger partial charge in [0.25, 0.3) is 12.0 Å². The lowest BCUT2D eigenvalue weighted by atomic mass is 9.80. The number of amidine groups is 1. The molecule has 0 saturated carbocycles. The molecular formula is C25H20FN5O3. The van der Waals surface area contributed by atoms with Gasteiger partial charge in [-0.15, -0.1) is 0 Å². The minimum absolute atomic E-state index is 0.0192. The molecule has 2 aromatic carbocycles. The van der Waals surface area contributed by atoms with E-state index in [1.165, 1.54) is 0 Å². The highest BCUT2D eigenvalue weighted by Gasteiger charge is 2.48. The number of fused-ring (bicyclic) bond motifs is 4. The number of nitrogens with zero attached hydrogens (tertiary/aromatic N) is 4. The molecule has 2 N–H and O–H groups in total. The third-order valence-corrected chi connectivity index (χ3v) is 6.39. The summed E-state index contributed by atoms with van der Waals surface area (Å²) in [5.41, 5.74) is 8.40. The van der Waals surface area contributed by atoms with Crippen molar-refractivity contribution in [3.63, 3.8) is 0 Å². The van der Waals surface area contributed by atoms with E-state index >= 15 is 4.39 Å². The summed E-state index contributed by atoms with van der Waals surface area (Å²) in [7, 11) is 0. The zero-order chi connectivity index (χ0) is 23.3. The van der Waals surface area contributed by atoms with Crippen LogP contribution in [0.1, 0.15) is 16.7 Å². The summed E-state index contributed by atoms with van der Waals surface area (Å²) >= 11 is 0. The fraction of sp³-hybridized carbons (Fsp3) is 0.240. The molecular weight excluding hydrogens is 437 g/mol. The van der Waals surface area contributed by atoms with E-state index in [1.807, 2.05) is 35.2 Å². The van der Waals surface area contributed by atoms with Crippen LogP contribution in [0.5, 0.6) is 11.5 Å². The lowest BCUT2D eigenvalue weighted by Gasteiger charge is -2.35. The van der Waals surface area contributed by atoms with E-state index < -0.39 is 11.5 Å². The van der Waals surface area contributed by atoms with Crippen molar-refractivity contribution < 1.29 is 18.6 Å². The topological polar surface area (TPSA) is 106 Å². The van der Waals surface area contributed by atoms with Crippen LogP contribution in [0, 0.1) is 17.3 Å². The quantitative estimate of drug-likeness (QED) is 0.589. The van der Waals surface area contributed by atoms with E-state index in [0.717, 1.165) is 11.1 Å². The normalized spacial score (nSPS) is 20.6. The highest BCUT2D eigenvalue weighted by molar-refractivity contribution is 5.78. The molecule has 0 amide bonds. The van der Waals surface area contributed by atoms with Gasteiger partial charge < -0.3 is 24.8 Å². The van der Waals surface area contributed by atoms with Crippen LogP contribution in [-0.4, -0.2) is 43.9 Å². The van der Waals surface area contributed by atoms with Gasteiger partial charge >= 0.3 is 0 Å². The Morgan fingerprint density at radius 2 is 1.88 bits per heavy atom. The van der Waals surface area contributed by atoms with E-state index in [2.05, 4.69) is 16.0 Å². The van der Waals surface area contributed by atoms with E-state index in [9.17, 15) is 5.26 Å². The van der Waals surface area contributed by atoms with Crippen LogP contribution in [0.3, 0.4) is 0 Å². The molecule has 9 heteroatoms. The van der Waals surface area contributed by atoms with Crippen molar-refractivity contribution in [1.29, 1.82) is 5.26 Å². The number of hydrogen-bond donors (Lipinski definition) is 1. The van der Waals surface area contributed by atoms with Crippen molar-refractivity contribution in [2.45, 2.75) is 5.54 Å². The largest absolute Gasteiger partial charge is 0.462 e. The molecule has 1 unspecified atom stereocenters. The average molecular weight is 457 g/mol. The van der Waals surface area contributed by atoms with Crippen molar-refractivity contribution in [2.24, 2.45) is 10.7 Å². The minimum Gasteiger partial charge on any atom is -0.462 e. The number of anilines is 1. The summed E-state index contributed by atoms with van der Waals surface area (Å²) < 4.78 is 32.3. The summed E-state index contributed by atoms with van der Waals surface area (Å²) in [6.07, 6.45) is 0. The Hall–Kier alpha value is -4.16. The van der Waals surface area contributed by atoms with Gasteiger partial charge in [-0.1, -0.05) is 18.2 Å². The van der Waals surface area contributed by atoms with E-state index in [0.29, 0.717) is 54.6 Å². The number of benzene rings is 2. The Kier molecular flexibility index (Phi) is 4.64. The molecule has 1 saturated heterocycles. The number of aliphatic imine (C=N–C) groups is 1. The Bertz CT molecular complexity index is 1380. The molecule has 4 heterocycles. The van der Waals surface area contributed by atoms with Crippen molar-refractivity contribution in [3.05, 3.63) is 71.2 Å². The van der Waals surface area contributed by atoms with Gasteiger partial charge in [-0.05, 0) is 41.5 Å². The number of rotatable bonds is 2.